The number of benzene rings is 1. The number of ether oxygens (including phenoxy) is 1. The van der Waals surface area contributed by atoms with Gasteiger partial charge in [-0.1, -0.05) is 36.7 Å². The number of nitrogens with zero attached hydrogens (tertiary/aromatic N) is 2. The summed E-state index contributed by atoms with van der Waals surface area (Å²) >= 11 is 0. The predicted octanol–water partition coefficient (Wildman–Crippen LogP) is 2.60. The van der Waals surface area contributed by atoms with Gasteiger partial charge in [0.1, 0.15) is 11.6 Å². The number of oxime groups is 1. The van der Waals surface area contributed by atoms with E-state index in [1.807, 2.05) is 12.1 Å². The molecule has 5 heteroatoms. The summed E-state index contributed by atoms with van der Waals surface area (Å²) < 4.78 is 5.44. The molecule has 3 N–H and O–H groups in total. The fraction of sp³-hybridized carbons (Fsp3) is 0.562. The Labute approximate surface area is 127 Å². The zero-order valence-corrected chi connectivity index (χ0v) is 13.5. The van der Waals surface area contributed by atoms with Crippen LogP contribution in [0.4, 0.5) is 0 Å². The minimum atomic E-state index is 0.264. The molecule has 0 atom stereocenters. The second-order valence-corrected chi connectivity index (χ2v) is 5.79. The first-order valence-corrected chi connectivity index (χ1v) is 7.28. The molecular weight excluding hydrogens is 266 g/mol. The Morgan fingerprint density at radius 2 is 2.14 bits per heavy atom. The monoisotopic (exact) mass is 293 g/mol. The Kier molecular flexibility index (Phi) is 7.02. The van der Waals surface area contributed by atoms with E-state index < -0.39 is 0 Å². The van der Waals surface area contributed by atoms with Gasteiger partial charge < -0.3 is 15.7 Å². The number of methoxy groups -OCH3 is 1. The van der Waals surface area contributed by atoms with E-state index in [1.54, 1.807) is 7.11 Å². The quantitative estimate of drug-likeness (QED) is 0.334. The number of rotatable bonds is 8. The molecule has 0 saturated heterocycles. The number of hydrogen-bond donors (Lipinski definition) is 2. The van der Waals surface area contributed by atoms with Crippen LogP contribution >= 0.6 is 0 Å². The molecule has 0 aromatic heterocycles. The smallest absolute Gasteiger partial charge is 0.140 e. The molecule has 0 aliphatic rings. The molecule has 0 heterocycles. The highest BCUT2D eigenvalue weighted by molar-refractivity contribution is 5.79. The van der Waals surface area contributed by atoms with Gasteiger partial charge in [0.05, 0.1) is 7.11 Å². The summed E-state index contributed by atoms with van der Waals surface area (Å²) in [5.41, 5.74) is 7.95. The van der Waals surface area contributed by atoms with Crippen LogP contribution in [0.15, 0.2) is 23.4 Å². The molecule has 21 heavy (non-hydrogen) atoms. The highest BCUT2D eigenvalue weighted by Gasteiger charge is 2.12. The Balaban J connectivity index is 2.82. The van der Waals surface area contributed by atoms with Crippen molar-refractivity contribution in [2.75, 3.05) is 20.2 Å². The lowest BCUT2D eigenvalue weighted by Crippen LogP contribution is -2.31. The minimum Gasteiger partial charge on any atom is -0.496 e. The third-order valence-electron chi connectivity index (χ3n) is 3.27. The van der Waals surface area contributed by atoms with Gasteiger partial charge in [0.15, 0.2) is 0 Å². The fourth-order valence-electron chi connectivity index (χ4n) is 2.35. The molecule has 5 nitrogen and oxygen atoms in total. The van der Waals surface area contributed by atoms with E-state index in [9.17, 15) is 0 Å². The first-order valence-electron chi connectivity index (χ1n) is 7.28. The minimum absolute atomic E-state index is 0.264. The molecule has 1 aromatic carbocycles. The molecule has 0 saturated carbocycles. The van der Waals surface area contributed by atoms with Crippen LogP contribution in [0.1, 0.15) is 31.4 Å². The second-order valence-electron chi connectivity index (χ2n) is 5.79. The van der Waals surface area contributed by atoms with Crippen molar-refractivity contribution in [3.63, 3.8) is 0 Å². The standard InChI is InChI=1S/C16H27N3O2/c1-12(2)10-19(8-7-16(17)18-20)11-14-9-13(3)5-6-15(14)21-4/h5-6,9,12,20H,7-8,10-11H2,1-4H3,(H2,17,18). The van der Waals surface area contributed by atoms with Gasteiger partial charge >= 0.3 is 0 Å². The van der Waals surface area contributed by atoms with E-state index in [2.05, 4.69) is 36.9 Å². The SMILES string of the molecule is COc1ccc(C)cc1CN(CCC(N)=NO)CC(C)C. The highest BCUT2D eigenvalue weighted by atomic mass is 16.5. The van der Waals surface area contributed by atoms with Crippen molar-refractivity contribution in [2.45, 2.75) is 33.7 Å². The van der Waals surface area contributed by atoms with Crippen LogP contribution in [-0.2, 0) is 6.54 Å². The van der Waals surface area contributed by atoms with Gasteiger partial charge in [0.2, 0.25) is 0 Å². The van der Waals surface area contributed by atoms with E-state index >= 15 is 0 Å². The summed E-state index contributed by atoms with van der Waals surface area (Å²) in [6.45, 7) is 8.95. The average Bonchev–Trinajstić information content (AvgIpc) is 2.44. The number of nitrogens with two attached hydrogens (primary N) is 1. The lowest BCUT2D eigenvalue weighted by Gasteiger charge is -2.25. The molecule has 0 aliphatic carbocycles. The molecule has 0 fully saturated rings. The topological polar surface area (TPSA) is 71.1 Å². The zero-order chi connectivity index (χ0) is 15.8. The molecule has 0 spiro atoms. The Morgan fingerprint density at radius 3 is 2.71 bits per heavy atom. The number of hydrogen-bond acceptors (Lipinski definition) is 4. The van der Waals surface area contributed by atoms with Gasteiger partial charge in [-0.25, -0.2) is 0 Å². The van der Waals surface area contributed by atoms with Crippen LogP contribution in [-0.4, -0.2) is 36.1 Å². The molecule has 0 radical (unpaired) electrons. The number of amidine groups is 1. The van der Waals surface area contributed by atoms with Crippen LogP contribution in [0.2, 0.25) is 0 Å². The highest BCUT2D eigenvalue weighted by Crippen LogP contribution is 2.22. The van der Waals surface area contributed by atoms with Gasteiger partial charge in [0, 0.05) is 31.6 Å². The summed E-state index contributed by atoms with van der Waals surface area (Å²) in [5, 5.41) is 11.7. The van der Waals surface area contributed by atoms with E-state index in [1.165, 1.54) is 5.56 Å². The third-order valence-corrected chi connectivity index (χ3v) is 3.27. The molecule has 0 aliphatic heterocycles. The molecule has 0 bridgehead atoms. The van der Waals surface area contributed by atoms with Gasteiger partial charge in [0.25, 0.3) is 0 Å². The lowest BCUT2D eigenvalue weighted by molar-refractivity contribution is 0.237. The van der Waals surface area contributed by atoms with Crippen molar-refractivity contribution in [3.05, 3.63) is 29.3 Å². The zero-order valence-electron chi connectivity index (χ0n) is 13.5. The lowest BCUT2D eigenvalue weighted by atomic mass is 10.1. The predicted molar refractivity (Wildman–Crippen MR) is 85.9 cm³/mol. The molecule has 1 rings (SSSR count). The van der Waals surface area contributed by atoms with E-state index in [0.29, 0.717) is 12.3 Å². The summed E-state index contributed by atoms with van der Waals surface area (Å²) in [4.78, 5) is 2.31. The van der Waals surface area contributed by atoms with Crippen LogP contribution in [0.5, 0.6) is 5.75 Å². The average molecular weight is 293 g/mol. The van der Waals surface area contributed by atoms with E-state index in [4.69, 9.17) is 15.7 Å². The summed E-state index contributed by atoms with van der Waals surface area (Å²) in [7, 11) is 1.69. The van der Waals surface area contributed by atoms with Crippen molar-refractivity contribution >= 4 is 5.84 Å². The first-order chi connectivity index (χ1) is 9.96. The maximum absolute atomic E-state index is 8.66. The van der Waals surface area contributed by atoms with E-state index in [-0.39, 0.29) is 5.84 Å². The third kappa shape index (κ3) is 6.04. The van der Waals surface area contributed by atoms with Crippen LogP contribution < -0.4 is 10.5 Å². The van der Waals surface area contributed by atoms with Crippen molar-refractivity contribution in [2.24, 2.45) is 16.8 Å². The van der Waals surface area contributed by atoms with Crippen LogP contribution in [0, 0.1) is 12.8 Å². The van der Waals surface area contributed by atoms with E-state index in [0.717, 1.165) is 30.9 Å². The largest absolute Gasteiger partial charge is 0.496 e. The number of aryl methyl sites for hydroxylation is 1. The first kappa shape index (κ1) is 17.3. The molecule has 118 valence electrons. The van der Waals surface area contributed by atoms with Crippen LogP contribution in [0.3, 0.4) is 0 Å². The normalized spacial score (nSPS) is 12.2. The van der Waals surface area contributed by atoms with Crippen molar-refractivity contribution < 1.29 is 9.94 Å². The van der Waals surface area contributed by atoms with Gasteiger partial charge in [-0.2, -0.15) is 0 Å². The van der Waals surface area contributed by atoms with Crippen molar-refractivity contribution in [3.8, 4) is 5.75 Å². The van der Waals surface area contributed by atoms with Gasteiger partial charge in [-0.3, -0.25) is 4.90 Å². The molecule has 1 aromatic rings. The van der Waals surface area contributed by atoms with Crippen molar-refractivity contribution in [1.29, 1.82) is 0 Å². The van der Waals surface area contributed by atoms with Crippen LogP contribution in [0.25, 0.3) is 0 Å². The maximum Gasteiger partial charge on any atom is 0.140 e. The Bertz CT molecular complexity index is 473. The maximum atomic E-state index is 8.66. The second kappa shape index (κ2) is 8.52. The van der Waals surface area contributed by atoms with Crippen molar-refractivity contribution in [1.82, 2.24) is 4.90 Å². The summed E-state index contributed by atoms with van der Waals surface area (Å²) in [5.74, 6) is 1.71. The summed E-state index contributed by atoms with van der Waals surface area (Å²) in [6.07, 6.45) is 0.553. The Hall–Kier alpha value is -1.75. The summed E-state index contributed by atoms with van der Waals surface area (Å²) in [6, 6.07) is 6.20. The fourth-order valence-corrected chi connectivity index (χ4v) is 2.35. The van der Waals surface area contributed by atoms with Gasteiger partial charge in [-0.15, -0.1) is 0 Å². The van der Waals surface area contributed by atoms with Gasteiger partial charge in [-0.05, 0) is 18.9 Å². The molecule has 0 amide bonds. The molecule has 0 unspecified atom stereocenters. The Morgan fingerprint density at radius 1 is 1.43 bits per heavy atom. The molecular formula is C16H27N3O2.